The summed E-state index contributed by atoms with van der Waals surface area (Å²) in [6.45, 7) is 4.15. The Balaban J connectivity index is 1.59. The second kappa shape index (κ2) is 7.53. The third-order valence-electron chi connectivity index (χ3n) is 3.93. The molecule has 0 unspecified atom stereocenters. The lowest BCUT2D eigenvalue weighted by Gasteiger charge is -2.11. The van der Waals surface area contributed by atoms with Crippen molar-refractivity contribution in [3.05, 3.63) is 59.9 Å². The van der Waals surface area contributed by atoms with Gasteiger partial charge in [-0.2, -0.15) is 0 Å². The van der Waals surface area contributed by atoms with Gasteiger partial charge in [0.15, 0.2) is 0 Å². The quantitative estimate of drug-likeness (QED) is 0.692. The first-order chi connectivity index (χ1) is 11.7. The summed E-state index contributed by atoms with van der Waals surface area (Å²) in [5.74, 6) is 1.32. The highest BCUT2D eigenvalue weighted by Crippen LogP contribution is 2.28. The molecule has 0 radical (unpaired) electrons. The molecule has 4 nitrogen and oxygen atoms in total. The van der Waals surface area contributed by atoms with Gasteiger partial charge in [0.05, 0.1) is 22.0 Å². The Morgan fingerprint density at radius 2 is 1.96 bits per heavy atom. The van der Waals surface area contributed by atoms with Crippen molar-refractivity contribution in [1.29, 1.82) is 0 Å². The van der Waals surface area contributed by atoms with Gasteiger partial charge >= 0.3 is 0 Å². The summed E-state index contributed by atoms with van der Waals surface area (Å²) < 4.78 is 0. The fraction of sp³-hybridized carbons (Fsp3) is 0.263. The van der Waals surface area contributed by atoms with Crippen molar-refractivity contribution in [2.45, 2.75) is 25.5 Å². The number of aryl methyl sites for hydroxylation is 1. The van der Waals surface area contributed by atoms with Gasteiger partial charge in [0, 0.05) is 5.69 Å². The normalized spacial score (nSPS) is 12.2. The van der Waals surface area contributed by atoms with Crippen LogP contribution in [0.4, 0.5) is 5.69 Å². The molecule has 1 heterocycles. The predicted octanol–water partition coefficient (Wildman–Crippen LogP) is 4.56. The van der Waals surface area contributed by atoms with Crippen molar-refractivity contribution in [1.82, 2.24) is 9.97 Å². The number of hydrogen-bond donors (Lipinski definition) is 2. The Hall–Kier alpha value is -2.27. The smallest absolute Gasteiger partial charge is 0.234 e. The molecule has 0 saturated carbocycles. The van der Waals surface area contributed by atoms with E-state index in [1.165, 1.54) is 0 Å². The number of thioether (sulfide) groups is 1. The van der Waals surface area contributed by atoms with Crippen LogP contribution in [0, 0.1) is 0 Å². The summed E-state index contributed by atoms with van der Waals surface area (Å²) in [5.41, 5.74) is 4.05. The minimum absolute atomic E-state index is 0.0175. The van der Waals surface area contributed by atoms with E-state index in [1.54, 1.807) is 11.8 Å². The molecule has 0 spiro atoms. The fourth-order valence-corrected chi connectivity index (χ4v) is 3.32. The number of carbonyl (C=O) groups excluding carboxylic acids is 1. The van der Waals surface area contributed by atoms with Gasteiger partial charge in [-0.3, -0.25) is 4.79 Å². The average Bonchev–Trinajstić information content (AvgIpc) is 3.04. The number of H-pyrrole nitrogens is 1. The summed E-state index contributed by atoms with van der Waals surface area (Å²) in [7, 11) is 0. The molecule has 1 atom stereocenters. The number of hydrogen-bond acceptors (Lipinski definition) is 3. The Bertz CT molecular complexity index is 810. The van der Waals surface area contributed by atoms with E-state index in [9.17, 15) is 4.79 Å². The molecule has 1 aromatic heterocycles. The molecule has 0 aliphatic rings. The number of carbonyl (C=O) groups is 1. The molecule has 2 aromatic carbocycles. The first kappa shape index (κ1) is 16.6. The van der Waals surface area contributed by atoms with Crippen LogP contribution in [-0.2, 0) is 11.2 Å². The van der Waals surface area contributed by atoms with E-state index >= 15 is 0 Å². The van der Waals surface area contributed by atoms with Crippen LogP contribution in [0.25, 0.3) is 11.0 Å². The molecular weight excluding hydrogens is 318 g/mol. The standard InChI is InChI=1S/C19H21N3OS/c1-3-14-8-4-5-9-15(14)20-18(23)12-24-13(2)19-21-16-10-6-7-11-17(16)22-19/h4-11,13H,3,12H2,1-2H3,(H,20,23)(H,21,22)/t13-/m1/s1. The van der Waals surface area contributed by atoms with Crippen LogP contribution in [0.3, 0.4) is 0 Å². The number of benzene rings is 2. The maximum Gasteiger partial charge on any atom is 0.234 e. The molecule has 3 rings (SSSR count). The minimum Gasteiger partial charge on any atom is -0.341 e. The first-order valence-electron chi connectivity index (χ1n) is 8.11. The van der Waals surface area contributed by atoms with Crippen LogP contribution < -0.4 is 5.32 Å². The third kappa shape index (κ3) is 3.79. The molecule has 0 aliphatic heterocycles. The van der Waals surface area contributed by atoms with E-state index < -0.39 is 0 Å². The van der Waals surface area contributed by atoms with E-state index in [0.717, 1.165) is 34.5 Å². The number of amides is 1. The molecule has 2 N–H and O–H groups in total. The molecule has 3 aromatic rings. The lowest BCUT2D eigenvalue weighted by molar-refractivity contribution is -0.113. The zero-order valence-electron chi connectivity index (χ0n) is 13.9. The number of fused-ring (bicyclic) bond motifs is 1. The van der Waals surface area contributed by atoms with Crippen LogP contribution in [0.2, 0.25) is 0 Å². The zero-order chi connectivity index (χ0) is 16.9. The summed E-state index contributed by atoms with van der Waals surface area (Å²) >= 11 is 1.58. The second-order valence-electron chi connectivity index (χ2n) is 5.65. The average molecular weight is 339 g/mol. The van der Waals surface area contributed by atoms with Crippen molar-refractivity contribution >= 4 is 34.4 Å². The van der Waals surface area contributed by atoms with Crippen molar-refractivity contribution in [3.63, 3.8) is 0 Å². The van der Waals surface area contributed by atoms with Gasteiger partial charge < -0.3 is 10.3 Å². The van der Waals surface area contributed by atoms with Crippen molar-refractivity contribution in [2.75, 3.05) is 11.1 Å². The Morgan fingerprint density at radius 1 is 1.21 bits per heavy atom. The molecule has 124 valence electrons. The topological polar surface area (TPSA) is 57.8 Å². The molecule has 0 saturated heterocycles. The van der Waals surface area contributed by atoms with Gasteiger partial charge in [0.2, 0.25) is 5.91 Å². The molecular formula is C19H21N3OS. The number of anilines is 1. The number of nitrogens with one attached hydrogen (secondary N) is 2. The predicted molar refractivity (Wildman–Crippen MR) is 101 cm³/mol. The van der Waals surface area contributed by atoms with E-state index in [1.807, 2.05) is 48.5 Å². The van der Waals surface area contributed by atoms with Crippen molar-refractivity contribution in [2.24, 2.45) is 0 Å². The monoisotopic (exact) mass is 339 g/mol. The van der Waals surface area contributed by atoms with Gasteiger partial charge in [0.25, 0.3) is 0 Å². The van der Waals surface area contributed by atoms with Gasteiger partial charge in [-0.1, -0.05) is 37.3 Å². The highest BCUT2D eigenvalue weighted by molar-refractivity contribution is 8.00. The maximum atomic E-state index is 12.2. The lowest BCUT2D eigenvalue weighted by atomic mass is 10.1. The largest absolute Gasteiger partial charge is 0.341 e. The molecule has 5 heteroatoms. The maximum absolute atomic E-state index is 12.2. The van der Waals surface area contributed by atoms with E-state index in [0.29, 0.717) is 5.75 Å². The molecule has 24 heavy (non-hydrogen) atoms. The van der Waals surface area contributed by atoms with E-state index in [2.05, 4.69) is 29.1 Å². The molecule has 0 bridgehead atoms. The third-order valence-corrected chi connectivity index (χ3v) is 5.08. The van der Waals surface area contributed by atoms with Crippen LogP contribution >= 0.6 is 11.8 Å². The number of aromatic nitrogens is 2. The van der Waals surface area contributed by atoms with Gasteiger partial charge in [-0.25, -0.2) is 4.98 Å². The SMILES string of the molecule is CCc1ccccc1NC(=O)CS[C@H](C)c1nc2ccccc2[nH]1. The van der Waals surface area contributed by atoms with Crippen LogP contribution in [0.1, 0.15) is 30.5 Å². The van der Waals surface area contributed by atoms with Crippen LogP contribution in [-0.4, -0.2) is 21.6 Å². The van der Waals surface area contributed by atoms with Crippen molar-refractivity contribution in [3.8, 4) is 0 Å². The van der Waals surface area contributed by atoms with Gasteiger partial charge in [-0.05, 0) is 37.1 Å². The van der Waals surface area contributed by atoms with Crippen LogP contribution in [0.15, 0.2) is 48.5 Å². The molecule has 0 fully saturated rings. The molecule has 1 amide bonds. The summed E-state index contributed by atoms with van der Waals surface area (Å²) in [4.78, 5) is 20.1. The first-order valence-corrected chi connectivity index (χ1v) is 9.16. The fourth-order valence-electron chi connectivity index (χ4n) is 2.58. The van der Waals surface area contributed by atoms with E-state index in [-0.39, 0.29) is 11.2 Å². The number of rotatable bonds is 6. The van der Waals surface area contributed by atoms with Gasteiger partial charge in [-0.15, -0.1) is 11.8 Å². The second-order valence-corrected chi connectivity index (χ2v) is 6.98. The minimum atomic E-state index is 0.0175. The van der Waals surface area contributed by atoms with Gasteiger partial charge in [0.1, 0.15) is 5.82 Å². The lowest BCUT2D eigenvalue weighted by Crippen LogP contribution is -2.16. The Kier molecular flexibility index (Phi) is 5.20. The summed E-state index contributed by atoms with van der Waals surface area (Å²) in [5, 5.41) is 3.13. The summed E-state index contributed by atoms with van der Waals surface area (Å²) in [6, 6.07) is 15.9. The Morgan fingerprint density at radius 3 is 2.75 bits per heavy atom. The molecule has 0 aliphatic carbocycles. The van der Waals surface area contributed by atoms with Crippen LogP contribution in [0.5, 0.6) is 0 Å². The summed E-state index contributed by atoms with van der Waals surface area (Å²) in [6.07, 6.45) is 0.902. The number of para-hydroxylation sites is 3. The highest BCUT2D eigenvalue weighted by Gasteiger charge is 2.14. The van der Waals surface area contributed by atoms with Crippen molar-refractivity contribution < 1.29 is 4.79 Å². The number of imidazole rings is 1. The Labute approximate surface area is 146 Å². The number of aromatic amines is 1. The highest BCUT2D eigenvalue weighted by atomic mass is 32.2. The zero-order valence-corrected chi connectivity index (χ0v) is 14.7. The van der Waals surface area contributed by atoms with E-state index in [4.69, 9.17) is 0 Å². The number of nitrogens with zero attached hydrogens (tertiary/aromatic N) is 1.